The Morgan fingerprint density at radius 1 is 1.89 bits per heavy atom. The summed E-state index contributed by atoms with van der Waals surface area (Å²) in [7, 11) is 0. The minimum atomic E-state index is 0.182. The predicted octanol–water partition coefficient (Wildman–Crippen LogP) is 0.841. The maximum Gasteiger partial charge on any atom is 0.220 e. The van der Waals surface area contributed by atoms with Crippen LogP contribution in [0.4, 0.5) is 0 Å². The number of rotatable bonds is 2. The lowest BCUT2D eigenvalue weighted by Crippen LogP contribution is -2.24. The molecule has 1 N–H and O–H groups in total. The van der Waals surface area contributed by atoms with Crippen LogP contribution >= 0.6 is 0 Å². The molecule has 0 unspecified atom stereocenters. The van der Waals surface area contributed by atoms with Crippen molar-refractivity contribution in [3.8, 4) is 0 Å². The fourth-order valence-electron chi connectivity index (χ4n) is 1.06. The number of carbonyl (C=O) groups excluding carboxylic acids is 1. The molecular weight excluding hydrogens is 114 g/mol. The summed E-state index contributed by atoms with van der Waals surface area (Å²) in [6.07, 6.45) is 4.42. The Balaban J connectivity index is 2.29. The summed E-state index contributed by atoms with van der Waals surface area (Å²) in [6, 6.07) is 0.370. The SMILES string of the molecule is C=CC[C@H]1CCC(=O)N1. The Morgan fingerprint density at radius 2 is 2.67 bits per heavy atom. The molecular formula is C7H11NO. The van der Waals surface area contributed by atoms with E-state index in [9.17, 15) is 4.79 Å². The molecule has 1 rings (SSSR count). The van der Waals surface area contributed by atoms with Crippen molar-refractivity contribution in [2.45, 2.75) is 25.3 Å². The minimum Gasteiger partial charge on any atom is -0.353 e. The molecule has 1 amide bonds. The van der Waals surface area contributed by atoms with Crippen LogP contribution in [0.1, 0.15) is 19.3 Å². The largest absolute Gasteiger partial charge is 0.353 e. The predicted molar refractivity (Wildman–Crippen MR) is 36.0 cm³/mol. The molecule has 0 aromatic heterocycles. The molecule has 0 aromatic carbocycles. The molecule has 0 saturated carbocycles. The molecule has 1 atom stereocenters. The van der Waals surface area contributed by atoms with Gasteiger partial charge in [-0.05, 0) is 12.8 Å². The second-order valence-corrected chi connectivity index (χ2v) is 2.33. The van der Waals surface area contributed by atoms with Crippen molar-refractivity contribution in [1.29, 1.82) is 0 Å². The quantitative estimate of drug-likeness (QED) is 0.544. The molecule has 0 radical (unpaired) electrons. The maximum absolute atomic E-state index is 10.6. The third-order valence-electron chi connectivity index (χ3n) is 1.54. The van der Waals surface area contributed by atoms with Crippen molar-refractivity contribution >= 4 is 5.91 Å². The zero-order chi connectivity index (χ0) is 6.69. The van der Waals surface area contributed by atoms with Crippen LogP contribution in [0.25, 0.3) is 0 Å². The summed E-state index contributed by atoms with van der Waals surface area (Å²) < 4.78 is 0. The van der Waals surface area contributed by atoms with Crippen LogP contribution in [0, 0.1) is 0 Å². The third-order valence-corrected chi connectivity index (χ3v) is 1.54. The molecule has 0 aliphatic carbocycles. The molecule has 9 heavy (non-hydrogen) atoms. The molecule has 1 aliphatic rings. The number of carbonyl (C=O) groups is 1. The van der Waals surface area contributed by atoms with Gasteiger partial charge < -0.3 is 5.32 Å². The highest BCUT2D eigenvalue weighted by Crippen LogP contribution is 2.09. The molecule has 0 bridgehead atoms. The molecule has 2 heteroatoms. The lowest BCUT2D eigenvalue weighted by atomic mass is 10.2. The van der Waals surface area contributed by atoms with Crippen molar-refractivity contribution in [3.05, 3.63) is 12.7 Å². The van der Waals surface area contributed by atoms with Crippen LogP contribution in [-0.4, -0.2) is 11.9 Å². The molecule has 50 valence electrons. The van der Waals surface area contributed by atoms with Gasteiger partial charge in [-0.15, -0.1) is 6.58 Å². The number of amides is 1. The average molecular weight is 125 g/mol. The first-order chi connectivity index (χ1) is 4.33. The second kappa shape index (κ2) is 2.67. The van der Waals surface area contributed by atoms with Crippen molar-refractivity contribution < 1.29 is 4.79 Å². The monoisotopic (exact) mass is 125 g/mol. The van der Waals surface area contributed by atoms with Gasteiger partial charge in [0.1, 0.15) is 0 Å². The van der Waals surface area contributed by atoms with E-state index in [1.807, 2.05) is 6.08 Å². The Bertz CT molecular complexity index is 131. The van der Waals surface area contributed by atoms with Gasteiger partial charge in [0.25, 0.3) is 0 Å². The van der Waals surface area contributed by atoms with Gasteiger partial charge >= 0.3 is 0 Å². The van der Waals surface area contributed by atoms with E-state index in [-0.39, 0.29) is 5.91 Å². The first kappa shape index (κ1) is 6.33. The van der Waals surface area contributed by atoms with Crippen LogP contribution in [-0.2, 0) is 4.79 Å². The highest BCUT2D eigenvalue weighted by atomic mass is 16.1. The van der Waals surface area contributed by atoms with Crippen molar-refractivity contribution in [2.75, 3.05) is 0 Å². The summed E-state index contributed by atoms with van der Waals surface area (Å²) in [5.74, 6) is 0.182. The lowest BCUT2D eigenvalue weighted by molar-refractivity contribution is -0.119. The topological polar surface area (TPSA) is 29.1 Å². The molecule has 1 heterocycles. The second-order valence-electron chi connectivity index (χ2n) is 2.33. The molecule has 1 saturated heterocycles. The first-order valence-electron chi connectivity index (χ1n) is 3.23. The van der Waals surface area contributed by atoms with Gasteiger partial charge in [-0.3, -0.25) is 4.79 Å². The average Bonchev–Trinajstić information content (AvgIpc) is 2.17. The summed E-state index contributed by atoms with van der Waals surface area (Å²) in [5, 5.41) is 2.84. The maximum atomic E-state index is 10.6. The van der Waals surface area contributed by atoms with Crippen LogP contribution < -0.4 is 5.32 Å². The molecule has 2 nitrogen and oxygen atoms in total. The van der Waals surface area contributed by atoms with Gasteiger partial charge in [-0.1, -0.05) is 6.08 Å². The van der Waals surface area contributed by atoms with Gasteiger partial charge in [0, 0.05) is 12.5 Å². The van der Waals surface area contributed by atoms with E-state index in [0.29, 0.717) is 12.5 Å². The summed E-state index contributed by atoms with van der Waals surface area (Å²) >= 11 is 0. The van der Waals surface area contributed by atoms with Crippen LogP contribution in [0.15, 0.2) is 12.7 Å². The van der Waals surface area contributed by atoms with Crippen LogP contribution in [0.3, 0.4) is 0 Å². The summed E-state index contributed by atoms with van der Waals surface area (Å²) in [5.41, 5.74) is 0. The molecule has 1 aliphatic heterocycles. The van der Waals surface area contributed by atoms with Crippen LogP contribution in [0.5, 0.6) is 0 Å². The minimum absolute atomic E-state index is 0.182. The van der Waals surface area contributed by atoms with Gasteiger partial charge in [0.15, 0.2) is 0 Å². The normalized spacial score (nSPS) is 25.8. The fourth-order valence-corrected chi connectivity index (χ4v) is 1.06. The van der Waals surface area contributed by atoms with Gasteiger partial charge in [-0.2, -0.15) is 0 Å². The molecule has 0 spiro atoms. The fraction of sp³-hybridized carbons (Fsp3) is 0.571. The summed E-state index contributed by atoms with van der Waals surface area (Å²) in [4.78, 5) is 10.6. The third kappa shape index (κ3) is 1.56. The number of hydrogen-bond donors (Lipinski definition) is 1. The van der Waals surface area contributed by atoms with E-state index in [0.717, 1.165) is 12.8 Å². The van der Waals surface area contributed by atoms with E-state index >= 15 is 0 Å². The van der Waals surface area contributed by atoms with Crippen molar-refractivity contribution in [3.63, 3.8) is 0 Å². The highest BCUT2D eigenvalue weighted by molar-refractivity contribution is 5.78. The Hall–Kier alpha value is -0.790. The molecule has 1 fully saturated rings. The number of hydrogen-bond acceptors (Lipinski definition) is 1. The Labute approximate surface area is 54.9 Å². The lowest BCUT2D eigenvalue weighted by Gasteiger charge is -2.03. The van der Waals surface area contributed by atoms with E-state index < -0.39 is 0 Å². The van der Waals surface area contributed by atoms with Crippen molar-refractivity contribution in [2.24, 2.45) is 0 Å². The van der Waals surface area contributed by atoms with E-state index in [4.69, 9.17) is 0 Å². The smallest absolute Gasteiger partial charge is 0.220 e. The van der Waals surface area contributed by atoms with Crippen LogP contribution in [0.2, 0.25) is 0 Å². The van der Waals surface area contributed by atoms with Gasteiger partial charge in [-0.25, -0.2) is 0 Å². The standard InChI is InChI=1S/C7H11NO/c1-2-3-6-4-5-7(9)8-6/h2,6H,1,3-5H2,(H,8,9)/t6-/m0/s1. The van der Waals surface area contributed by atoms with Gasteiger partial charge in [0.05, 0.1) is 0 Å². The summed E-state index contributed by atoms with van der Waals surface area (Å²) in [6.45, 7) is 3.60. The Morgan fingerprint density at radius 3 is 3.11 bits per heavy atom. The van der Waals surface area contributed by atoms with E-state index in [1.54, 1.807) is 0 Å². The zero-order valence-corrected chi connectivity index (χ0v) is 5.39. The number of nitrogens with one attached hydrogen (secondary N) is 1. The Kier molecular flexibility index (Phi) is 1.88. The zero-order valence-electron chi connectivity index (χ0n) is 5.39. The molecule has 0 aromatic rings. The first-order valence-corrected chi connectivity index (χ1v) is 3.23. The van der Waals surface area contributed by atoms with Gasteiger partial charge in [0.2, 0.25) is 5.91 Å². The van der Waals surface area contributed by atoms with E-state index in [1.165, 1.54) is 0 Å². The highest BCUT2D eigenvalue weighted by Gasteiger charge is 2.18. The van der Waals surface area contributed by atoms with E-state index in [2.05, 4.69) is 11.9 Å². The van der Waals surface area contributed by atoms with Crippen molar-refractivity contribution in [1.82, 2.24) is 5.32 Å².